The second kappa shape index (κ2) is 8.24. The summed E-state index contributed by atoms with van der Waals surface area (Å²) in [6.07, 6.45) is -2.63. The van der Waals surface area contributed by atoms with Gasteiger partial charge >= 0.3 is 12.1 Å². The zero-order valence-electron chi connectivity index (χ0n) is 16.4. The van der Waals surface area contributed by atoms with Crippen LogP contribution in [0.4, 0.5) is 18.9 Å². The maximum Gasteiger partial charge on any atom is 0.430 e. The van der Waals surface area contributed by atoms with Crippen LogP contribution in [0.15, 0.2) is 42.7 Å². The summed E-state index contributed by atoms with van der Waals surface area (Å²) in [5.41, 5.74) is -4.29. The van der Waals surface area contributed by atoms with Gasteiger partial charge in [0.15, 0.2) is 6.73 Å². The van der Waals surface area contributed by atoms with E-state index in [-0.39, 0.29) is 18.0 Å². The zero-order chi connectivity index (χ0) is 21.9. The number of nitrogens with zero attached hydrogens (tertiary/aromatic N) is 2. The molecule has 0 saturated carbocycles. The first-order chi connectivity index (χ1) is 13.4. The zero-order valence-corrected chi connectivity index (χ0v) is 16.4. The number of anilines is 1. The number of amides is 1. The number of ether oxygens (including phenoxy) is 2. The van der Waals surface area contributed by atoms with Gasteiger partial charge in [-0.1, -0.05) is 30.3 Å². The number of nitrogens with one attached hydrogen (secondary N) is 1. The van der Waals surface area contributed by atoms with E-state index in [0.29, 0.717) is 0 Å². The number of hydrogen-bond acceptors (Lipinski definition) is 5. The number of hydrogen-bond donors (Lipinski definition) is 1. The molecule has 0 radical (unpaired) electrons. The van der Waals surface area contributed by atoms with E-state index in [0.717, 1.165) is 25.4 Å². The molecule has 1 unspecified atom stereocenters. The lowest BCUT2D eigenvalue weighted by Gasteiger charge is -2.33. The summed E-state index contributed by atoms with van der Waals surface area (Å²) in [4.78, 5) is 24.4. The van der Waals surface area contributed by atoms with E-state index < -0.39 is 29.1 Å². The molecule has 10 heteroatoms. The summed E-state index contributed by atoms with van der Waals surface area (Å²) < 4.78 is 52.6. The van der Waals surface area contributed by atoms with Gasteiger partial charge in [-0.25, -0.2) is 4.68 Å². The van der Waals surface area contributed by atoms with Gasteiger partial charge in [0, 0.05) is 12.7 Å². The van der Waals surface area contributed by atoms with Crippen LogP contribution >= 0.6 is 0 Å². The Morgan fingerprint density at radius 1 is 1.14 bits per heavy atom. The third-order valence-electron chi connectivity index (χ3n) is 4.04. The smallest absolute Gasteiger partial charge is 0.430 e. The number of rotatable bonds is 6. The van der Waals surface area contributed by atoms with E-state index in [1.807, 2.05) is 0 Å². The molecule has 0 fully saturated rings. The molecule has 0 saturated heterocycles. The topological polar surface area (TPSA) is 82.4 Å². The average molecular weight is 413 g/mol. The van der Waals surface area contributed by atoms with Crippen LogP contribution in [0.1, 0.15) is 26.3 Å². The van der Waals surface area contributed by atoms with E-state index in [1.54, 1.807) is 20.8 Å². The lowest BCUT2D eigenvalue weighted by Crippen LogP contribution is -2.53. The molecule has 0 aliphatic rings. The normalized spacial score (nSPS) is 14.2. The Kier molecular flexibility index (Phi) is 6.37. The third-order valence-corrected chi connectivity index (χ3v) is 4.04. The minimum absolute atomic E-state index is 0.0107. The Morgan fingerprint density at radius 3 is 2.28 bits per heavy atom. The Hall–Kier alpha value is -2.88. The number of aromatic nitrogens is 2. The molecule has 1 atom stereocenters. The van der Waals surface area contributed by atoms with Crippen LogP contribution in [0.25, 0.3) is 0 Å². The van der Waals surface area contributed by atoms with Crippen molar-refractivity contribution >= 4 is 17.6 Å². The number of esters is 1. The van der Waals surface area contributed by atoms with Crippen molar-refractivity contribution in [1.29, 1.82) is 0 Å². The highest BCUT2D eigenvalue weighted by molar-refractivity contribution is 5.98. The second-order valence-electron chi connectivity index (χ2n) is 7.28. The maximum atomic E-state index is 13.9. The molecule has 2 aromatic rings. The van der Waals surface area contributed by atoms with Gasteiger partial charge in [-0.15, -0.1) is 0 Å². The molecular formula is C19H22F3N3O4. The van der Waals surface area contributed by atoms with Crippen molar-refractivity contribution in [1.82, 2.24) is 9.78 Å². The quantitative estimate of drug-likeness (QED) is 0.734. The van der Waals surface area contributed by atoms with Gasteiger partial charge in [0.1, 0.15) is 0 Å². The monoisotopic (exact) mass is 413 g/mol. The fraction of sp³-hybridized carbons (Fsp3) is 0.421. The molecule has 0 bridgehead atoms. The number of halogens is 3. The van der Waals surface area contributed by atoms with E-state index in [4.69, 9.17) is 9.47 Å². The molecule has 158 valence electrons. The lowest BCUT2D eigenvalue weighted by molar-refractivity contribution is -0.263. The molecule has 1 heterocycles. The maximum absolute atomic E-state index is 13.9. The van der Waals surface area contributed by atoms with E-state index in [9.17, 15) is 22.8 Å². The molecule has 1 N–H and O–H groups in total. The largest absolute Gasteiger partial charge is 0.442 e. The summed E-state index contributed by atoms with van der Waals surface area (Å²) in [6.45, 7) is 4.78. The molecule has 2 rings (SSSR count). The van der Waals surface area contributed by atoms with Crippen LogP contribution in [-0.4, -0.2) is 34.9 Å². The fourth-order valence-electron chi connectivity index (χ4n) is 2.48. The predicted octanol–water partition coefficient (Wildman–Crippen LogP) is 3.47. The van der Waals surface area contributed by atoms with Crippen LogP contribution in [0.2, 0.25) is 0 Å². The van der Waals surface area contributed by atoms with Gasteiger partial charge in [0.2, 0.25) is 0 Å². The highest BCUT2D eigenvalue weighted by atomic mass is 19.4. The molecule has 1 aromatic carbocycles. The first kappa shape index (κ1) is 22.4. The summed E-state index contributed by atoms with van der Waals surface area (Å²) in [6, 6.07) is 6.60. The van der Waals surface area contributed by atoms with Crippen LogP contribution in [-0.2, 0) is 31.4 Å². The van der Waals surface area contributed by atoms with Crippen molar-refractivity contribution in [2.75, 3.05) is 12.4 Å². The number of methoxy groups -OCH3 is 1. The minimum atomic E-state index is -5.02. The summed E-state index contributed by atoms with van der Waals surface area (Å²) in [5.74, 6) is -1.90. The SMILES string of the molecule is COC(C(=O)Nc1cnn(COC(=O)C(C)(C)C)c1)(c1ccccc1)C(F)(F)F. The molecular weight excluding hydrogens is 391 g/mol. The van der Waals surface area contributed by atoms with Gasteiger partial charge in [-0.05, 0) is 20.8 Å². The van der Waals surface area contributed by atoms with Crippen molar-refractivity contribution in [3.8, 4) is 0 Å². The van der Waals surface area contributed by atoms with Gasteiger partial charge in [0.05, 0.1) is 23.5 Å². The molecule has 0 aliphatic carbocycles. The molecule has 1 amide bonds. The predicted molar refractivity (Wildman–Crippen MR) is 97.6 cm³/mol. The Morgan fingerprint density at radius 2 is 1.76 bits per heavy atom. The van der Waals surface area contributed by atoms with Crippen molar-refractivity contribution in [2.45, 2.75) is 39.3 Å². The van der Waals surface area contributed by atoms with Crippen molar-refractivity contribution < 1.29 is 32.2 Å². The first-order valence-electron chi connectivity index (χ1n) is 8.60. The van der Waals surface area contributed by atoms with Gasteiger partial charge in [-0.2, -0.15) is 18.3 Å². The third kappa shape index (κ3) is 4.76. The standard InChI is InChI=1S/C19H22F3N3O4/c1-17(2,3)16(27)29-12-25-11-14(10-23-25)24-15(26)18(28-4,19(20,21)22)13-8-6-5-7-9-13/h5-11H,12H2,1-4H3,(H,24,26). The number of carbonyl (C=O) groups excluding carboxylic acids is 2. The molecule has 1 aromatic heterocycles. The van der Waals surface area contributed by atoms with Crippen molar-refractivity contribution in [2.24, 2.45) is 5.41 Å². The number of benzene rings is 1. The van der Waals surface area contributed by atoms with E-state index in [2.05, 4.69) is 10.4 Å². The van der Waals surface area contributed by atoms with Crippen LogP contribution in [0.5, 0.6) is 0 Å². The molecule has 7 nitrogen and oxygen atoms in total. The van der Waals surface area contributed by atoms with Crippen LogP contribution in [0.3, 0.4) is 0 Å². The highest BCUT2D eigenvalue weighted by Crippen LogP contribution is 2.42. The summed E-state index contributed by atoms with van der Waals surface area (Å²) in [7, 11) is 0.815. The van der Waals surface area contributed by atoms with Crippen molar-refractivity contribution in [3.05, 3.63) is 48.3 Å². The lowest BCUT2D eigenvalue weighted by atomic mass is 9.91. The second-order valence-corrected chi connectivity index (χ2v) is 7.28. The van der Waals surface area contributed by atoms with Crippen molar-refractivity contribution in [3.63, 3.8) is 0 Å². The van der Waals surface area contributed by atoms with Crippen LogP contribution in [0, 0.1) is 5.41 Å². The minimum Gasteiger partial charge on any atom is -0.442 e. The Labute approximate surface area is 165 Å². The molecule has 0 spiro atoms. The average Bonchev–Trinajstić information content (AvgIpc) is 3.07. The summed E-state index contributed by atoms with van der Waals surface area (Å²) in [5, 5.41) is 6.04. The van der Waals surface area contributed by atoms with Gasteiger partial charge in [0.25, 0.3) is 11.5 Å². The van der Waals surface area contributed by atoms with E-state index in [1.165, 1.54) is 29.1 Å². The van der Waals surface area contributed by atoms with Gasteiger partial charge in [-0.3, -0.25) is 9.59 Å². The van der Waals surface area contributed by atoms with E-state index >= 15 is 0 Å². The summed E-state index contributed by atoms with van der Waals surface area (Å²) >= 11 is 0. The molecule has 0 aliphatic heterocycles. The van der Waals surface area contributed by atoms with Gasteiger partial charge < -0.3 is 14.8 Å². The number of carbonyl (C=O) groups is 2. The molecule has 29 heavy (non-hydrogen) atoms. The van der Waals surface area contributed by atoms with Crippen LogP contribution < -0.4 is 5.32 Å². The fourth-order valence-corrected chi connectivity index (χ4v) is 2.48. The Bertz CT molecular complexity index is 860. The number of alkyl halides is 3. The first-order valence-corrected chi connectivity index (χ1v) is 8.60. The Balaban J connectivity index is 2.21. The highest BCUT2D eigenvalue weighted by Gasteiger charge is 2.62.